The van der Waals surface area contributed by atoms with E-state index in [4.69, 9.17) is 20.3 Å². The fraction of sp³-hybridized carbons (Fsp3) is 0.372. The molecule has 0 bridgehead atoms. The minimum absolute atomic E-state index is 0.0916. The Morgan fingerprint density at radius 1 is 0.746 bits per heavy atom. The second kappa shape index (κ2) is 16.6. The van der Waals surface area contributed by atoms with Crippen LogP contribution in [0.4, 0.5) is 11.5 Å². The molecule has 2 aromatic heterocycles. The highest BCUT2D eigenvalue weighted by Gasteiger charge is 2.45. The highest BCUT2D eigenvalue weighted by Crippen LogP contribution is 2.36. The number of piperidine rings is 2. The van der Waals surface area contributed by atoms with Crippen molar-refractivity contribution in [2.45, 2.75) is 37.8 Å². The first-order valence-corrected chi connectivity index (χ1v) is 20.3. The summed E-state index contributed by atoms with van der Waals surface area (Å²) in [7, 11) is 0. The van der Waals surface area contributed by atoms with Crippen molar-refractivity contribution in [3.63, 3.8) is 0 Å². The van der Waals surface area contributed by atoms with Crippen LogP contribution in [0.25, 0.3) is 22.3 Å². The molecule has 3 N–H and O–H groups in total. The van der Waals surface area contributed by atoms with Crippen LogP contribution in [-0.4, -0.2) is 130 Å². The van der Waals surface area contributed by atoms with Gasteiger partial charge in [0, 0.05) is 70.0 Å². The van der Waals surface area contributed by atoms with Crippen LogP contribution in [0.15, 0.2) is 79.1 Å². The topological polar surface area (TPSA) is 181 Å². The van der Waals surface area contributed by atoms with Crippen LogP contribution in [0, 0.1) is 0 Å². The van der Waals surface area contributed by atoms with E-state index in [9.17, 15) is 19.2 Å². The third kappa shape index (κ3) is 7.86. The summed E-state index contributed by atoms with van der Waals surface area (Å²) in [5.74, 6) is -0.0601. The molecule has 5 aromatic rings. The molecule has 0 saturated carbocycles. The Kier molecular flexibility index (Phi) is 10.7. The molecule has 3 aromatic carbocycles. The Morgan fingerprint density at radius 3 is 2.17 bits per heavy atom. The lowest BCUT2D eigenvalue weighted by atomic mass is 10.0. The monoisotopic (exact) mass is 798 g/mol. The van der Waals surface area contributed by atoms with Gasteiger partial charge in [-0.2, -0.15) is 5.10 Å². The normalized spacial score (nSPS) is 19.4. The number of nitrogens with two attached hydrogens (primary N) is 1. The van der Waals surface area contributed by atoms with Crippen molar-refractivity contribution in [2.24, 2.45) is 0 Å². The first-order chi connectivity index (χ1) is 28.8. The van der Waals surface area contributed by atoms with Gasteiger partial charge in [-0.05, 0) is 73.9 Å². The molecular weight excluding hydrogens is 753 g/mol. The Balaban J connectivity index is 0.718. The summed E-state index contributed by atoms with van der Waals surface area (Å²) in [6, 6.07) is 22.0. The zero-order chi connectivity index (χ0) is 40.5. The average molecular weight is 799 g/mol. The number of hydrogen-bond donors (Lipinski definition) is 2. The number of anilines is 2. The summed E-state index contributed by atoms with van der Waals surface area (Å²) < 4.78 is 14.1. The maximum absolute atomic E-state index is 13.3. The Hall–Kier alpha value is -6.23. The number of nitrogen functional groups attached to an aromatic ring is 1. The first-order valence-electron chi connectivity index (χ1n) is 20.3. The molecule has 1 atom stereocenters. The van der Waals surface area contributed by atoms with Gasteiger partial charge in [-0.1, -0.05) is 18.2 Å². The lowest BCUT2D eigenvalue weighted by Gasteiger charge is -2.36. The smallest absolute Gasteiger partial charge is 0.262 e. The van der Waals surface area contributed by atoms with Gasteiger partial charge in [0.15, 0.2) is 5.65 Å². The fourth-order valence-corrected chi connectivity index (χ4v) is 8.52. The van der Waals surface area contributed by atoms with Crippen molar-refractivity contribution in [1.29, 1.82) is 0 Å². The van der Waals surface area contributed by atoms with Crippen molar-refractivity contribution in [1.82, 2.24) is 39.8 Å². The number of ether oxygens (including phenoxy) is 2. The summed E-state index contributed by atoms with van der Waals surface area (Å²) in [5, 5.41) is 8.08. The van der Waals surface area contributed by atoms with Crippen molar-refractivity contribution < 1.29 is 28.7 Å². The van der Waals surface area contributed by atoms with E-state index in [1.54, 1.807) is 12.1 Å². The molecule has 16 nitrogen and oxygen atoms in total. The standard InChI is InChI=1S/C43H46N10O6/c44-39-37-38(28-6-9-32(10-7-28)59-31-4-2-1-3-5-31)48-53(40(37)46-27-45-39)29-14-16-49(17-15-29)22-24-58-25-23-50-18-20-51(21-19-50)30-8-11-33-34(26-30)43(57)52(42(33)56)35-12-13-36(54)47-41(35)55/h1-11,26-27,29,35H,12-25H2,(H2,44,45,46)(H,47,54,55). The molecule has 6 heterocycles. The van der Waals surface area contributed by atoms with Crippen LogP contribution in [0.5, 0.6) is 11.5 Å². The van der Waals surface area contributed by atoms with Crippen LogP contribution in [0.1, 0.15) is 52.4 Å². The summed E-state index contributed by atoms with van der Waals surface area (Å²) >= 11 is 0. The predicted molar refractivity (Wildman–Crippen MR) is 219 cm³/mol. The number of carbonyl (C=O) groups excluding carboxylic acids is 4. The lowest BCUT2D eigenvalue weighted by Crippen LogP contribution is -2.54. The van der Waals surface area contributed by atoms with E-state index >= 15 is 0 Å². The minimum Gasteiger partial charge on any atom is -0.457 e. The van der Waals surface area contributed by atoms with Crippen LogP contribution in [0.3, 0.4) is 0 Å². The van der Waals surface area contributed by atoms with Crippen LogP contribution >= 0.6 is 0 Å². The van der Waals surface area contributed by atoms with Gasteiger partial charge in [0.05, 0.1) is 35.8 Å². The third-order valence-electron chi connectivity index (χ3n) is 11.8. The Bertz CT molecular complexity index is 2370. The number of benzene rings is 3. The van der Waals surface area contributed by atoms with Gasteiger partial charge in [0.1, 0.15) is 35.4 Å². The zero-order valence-electron chi connectivity index (χ0n) is 32.7. The maximum atomic E-state index is 13.3. The molecule has 304 valence electrons. The molecule has 4 aliphatic heterocycles. The molecule has 4 amide bonds. The van der Waals surface area contributed by atoms with Crippen molar-refractivity contribution in [3.8, 4) is 22.8 Å². The number of para-hydroxylation sites is 1. The number of amides is 4. The van der Waals surface area contributed by atoms with E-state index in [0.29, 0.717) is 30.2 Å². The average Bonchev–Trinajstić information content (AvgIpc) is 3.77. The summed E-state index contributed by atoms with van der Waals surface area (Å²) in [5.41, 5.74) is 10.3. The van der Waals surface area contributed by atoms with Gasteiger partial charge in [-0.3, -0.25) is 34.3 Å². The zero-order valence-corrected chi connectivity index (χ0v) is 32.7. The molecular formula is C43H46N10O6. The molecule has 9 rings (SSSR count). The molecule has 59 heavy (non-hydrogen) atoms. The molecule has 0 aliphatic carbocycles. The number of fused-ring (bicyclic) bond motifs is 2. The van der Waals surface area contributed by atoms with Crippen molar-refractivity contribution >= 4 is 46.2 Å². The van der Waals surface area contributed by atoms with Gasteiger partial charge in [-0.25, -0.2) is 14.6 Å². The Morgan fingerprint density at radius 2 is 1.44 bits per heavy atom. The van der Waals surface area contributed by atoms with Gasteiger partial charge in [0.2, 0.25) is 11.8 Å². The number of rotatable bonds is 12. The highest BCUT2D eigenvalue weighted by atomic mass is 16.5. The first kappa shape index (κ1) is 38.3. The van der Waals surface area contributed by atoms with Gasteiger partial charge in [-0.15, -0.1) is 0 Å². The van der Waals surface area contributed by atoms with Crippen molar-refractivity contribution in [2.75, 3.05) is 76.2 Å². The number of carbonyl (C=O) groups is 4. The van der Waals surface area contributed by atoms with Crippen LogP contribution < -0.4 is 20.7 Å². The maximum Gasteiger partial charge on any atom is 0.262 e. The van der Waals surface area contributed by atoms with Gasteiger partial charge >= 0.3 is 0 Å². The number of aromatic nitrogens is 4. The Labute approximate surface area is 340 Å². The SMILES string of the molecule is Nc1ncnc2c1c(-c1ccc(Oc3ccccc3)cc1)nn2C1CCN(CCOCCN2CCN(c3ccc4c(c3)C(=O)N(C3CCC(=O)NC3=O)C4=O)CC2)CC1. The molecule has 0 spiro atoms. The number of nitrogens with zero attached hydrogens (tertiary/aromatic N) is 8. The second-order valence-electron chi connectivity index (χ2n) is 15.4. The van der Waals surface area contributed by atoms with E-state index in [-0.39, 0.29) is 18.9 Å². The number of likely N-dealkylation sites (tertiary alicyclic amines) is 1. The van der Waals surface area contributed by atoms with E-state index in [1.165, 1.54) is 6.33 Å². The van der Waals surface area contributed by atoms with Crippen LogP contribution in [0.2, 0.25) is 0 Å². The fourth-order valence-electron chi connectivity index (χ4n) is 8.52. The molecule has 1 unspecified atom stereocenters. The van der Waals surface area contributed by atoms with E-state index < -0.39 is 29.7 Å². The lowest BCUT2D eigenvalue weighted by molar-refractivity contribution is -0.136. The second-order valence-corrected chi connectivity index (χ2v) is 15.4. The van der Waals surface area contributed by atoms with Crippen molar-refractivity contribution in [3.05, 3.63) is 90.3 Å². The van der Waals surface area contributed by atoms with Gasteiger partial charge in [0.25, 0.3) is 11.8 Å². The minimum atomic E-state index is -0.973. The largest absolute Gasteiger partial charge is 0.457 e. The number of nitrogens with one attached hydrogen (secondary N) is 1. The quantitative estimate of drug-likeness (QED) is 0.138. The van der Waals surface area contributed by atoms with Gasteiger partial charge < -0.3 is 25.0 Å². The van der Waals surface area contributed by atoms with E-state index in [1.807, 2.05) is 65.3 Å². The number of hydrogen-bond acceptors (Lipinski definition) is 13. The van der Waals surface area contributed by atoms with E-state index in [2.05, 4.69) is 30.0 Å². The third-order valence-corrected chi connectivity index (χ3v) is 11.8. The van der Waals surface area contributed by atoms with Crippen LogP contribution in [-0.2, 0) is 14.3 Å². The molecule has 4 aliphatic rings. The summed E-state index contributed by atoms with van der Waals surface area (Å²) in [6.07, 6.45) is 3.60. The summed E-state index contributed by atoms with van der Waals surface area (Å²) in [6.45, 7) is 8.08. The number of piperazine rings is 1. The molecule has 3 fully saturated rings. The molecule has 0 radical (unpaired) electrons. The molecule has 16 heteroatoms. The predicted octanol–water partition coefficient (Wildman–Crippen LogP) is 3.74. The highest BCUT2D eigenvalue weighted by molar-refractivity contribution is 6.23. The number of imide groups is 2. The molecule has 3 saturated heterocycles. The summed E-state index contributed by atoms with van der Waals surface area (Å²) in [4.78, 5) is 67.4. The van der Waals surface area contributed by atoms with E-state index in [0.717, 1.165) is 110 Å².